The number of aromatic amines is 1. The molecule has 2 aliphatic rings. The fourth-order valence-electron chi connectivity index (χ4n) is 5.28. The number of benzene rings is 1. The van der Waals surface area contributed by atoms with Gasteiger partial charge in [0.25, 0.3) is 5.91 Å². The van der Waals surface area contributed by atoms with Crippen molar-refractivity contribution < 1.29 is 14.3 Å². The Morgan fingerprint density at radius 3 is 2.83 bits per heavy atom. The van der Waals surface area contributed by atoms with Gasteiger partial charge in [-0.15, -0.1) is 0 Å². The molecule has 2 aromatic heterocycles. The number of hydrogen-bond donors (Lipinski definition) is 1. The zero-order chi connectivity index (χ0) is 20.7. The number of hydrogen-bond acceptors (Lipinski definition) is 5. The summed E-state index contributed by atoms with van der Waals surface area (Å²) in [6.07, 6.45) is 4.59. The van der Waals surface area contributed by atoms with Crippen molar-refractivity contribution in [1.82, 2.24) is 20.1 Å². The Labute approximate surface area is 174 Å². The minimum atomic E-state index is -0.714. The smallest absolute Gasteiger partial charge is 0.314 e. The van der Waals surface area contributed by atoms with Crippen LogP contribution >= 0.6 is 0 Å². The molecule has 5 rings (SSSR count). The first-order valence-electron chi connectivity index (χ1n) is 10.5. The molecule has 1 amide bonds. The van der Waals surface area contributed by atoms with Gasteiger partial charge in [-0.25, -0.2) is 4.98 Å². The van der Waals surface area contributed by atoms with Crippen LogP contribution in [-0.2, 0) is 16.0 Å². The van der Waals surface area contributed by atoms with Gasteiger partial charge in [0, 0.05) is 17.5 Å². The number of H-pyrrole nitrogens is 1. The van der Waals surface area contributed by atoms with E-state index in [9.17, 15) is 9.59 Å². The van der Waals surface area contributed by atoms with Crippen molar-refractivity contribution in [3.63, 3.8) is 0 Å². The first-order chi connectivity index (χ1) is 14.6. The van der Waals surface area contributed by atoms with Crippen LogP contribution in [0.4, 0.5) is 0 Å². The molecule has 0 saturated carbocycles. The number of fused-ring (bicyclic) bond motifs is 3. The van der Waals surface area contributed by atoms with E-state index in [1.165, 1.54) is 0 Å². The normalized spacial score (nSPS) is 25.0. The van der Waals surface area contributed by atoms with Gasteiger partial charge in [0.2, 0.25) is 0 Å². The zero-order valence-electron chi connectivity index (χ0n) is 16.9. The molecule has 154 valence electrons. The number of esters is 1. The number of nitrogens with zero attached hydrogens (tertiary/aromatic N) is 3. The van der Waals surface area contributed by atoms with Crippen LogP contribution < -0.4 is 0 Å². The van der Waals surface area contributed by atoms with Gasteiger partial charge < -0.3 is 9.64 Å². The lowest BCUT2D eigenvalue weighted by Gasteiger charge is -2.35. The van der Waals surface area contributed by atoms with Crippen molar-refractivity contribution in [1.29, 1.82) is 0 Å². The number of nitrogens with one attached hydrogen (secondary N) is 1. The summed E-state index contributed by atoms with van der Waals surface area (Å²) in [5.41, 5.74) is 1.34. The van der Waals surface area contributed by atoms with Crippen molar-refractivity contribution in [2.24, 2.45) is 5.41 Å². The van der Waals surface area contributed by atoms with Crippen molar-refractivity contribution in [2.75, 3.05) is 6.61 Å². The molecule has 2 saturated heterocycles. The van der Waals surface area contributed by atoms with Gasteiger partial charge in [-0.1, -0.05) is 30.3 Å². The van der Waals surface area contributed by atoms with Crippen LogP contribution in [0.2, 0.25) is 0 Å². The third kappa shape index (κ3) is 2.88. The van der Waals surface area contributed by atoms with Crippen LogP contribution in [0.3, 0.4) is 0 Å². The summed E-state index contributed by atoms with van der Waals surface area (Å²) in [6, 6.07) is 13.4. The molecule has 3 atom stereocenters. The van der Waals surface area contributed by atoms with E-state index in [2.05, 4.69) is 15.2 Å². The van der Waals surface area contributed by atoms with Crippen LogP contribution in [0.1, 0.15) is 42.2 Å². The molecule has 0 spiro atoms. The molecule has 30 heavy (non-hydrogen) atoms. The molecule has 7 heteroatoms. The van der Waals surface area contributed by atoms with E-state index in [1.54, 1.807) is 12.3 Å². The van der Waals surface area contributed by atoms with Gasteiger partial charge in [0.05, 0.1) is 18.2 Å². The third-order valence-electron chi connectivity index (χ3n) is 6.54. The molecule has 2 aliphatic heterocycles. The SMILES string of the molecule is CCOC(=O)[C@@]1(Cc2ccccc2)C[C@H]2CC[C@@H]1N2C(=O)c1ccc2cn[nH]c2n1. The van der Waals surface area contributed by atoms with Crippen LogP contribution in [0.5, 0.6) is 0 Å². The predicted molar refractivity (Wildman–Crippen MR) is 111 cm³/mol. The van der Waals surface area contributed by atoms with Gasteiger partial charge in [-0.05, 0) is 50.3 Å². The highest BCUT2D eigenvalue weighted by atomic mass is 16.5. The summed E-state index contributed by atoms with van der Waals surface area (Å²) >= 11 is 0. The predicted octanol–water partition coefficient (Wildman–Crippen LogP) is 3.13. The van der Waals surface area contributed by atoms with Crippen LogP contribution in [0, 0.1) is 5.41 Å². The maximum absolute atomic E-state index is 13.5. The fraction of sp³-hybridized carbons (Fsp3) is 0.391. The van der Waals surface area contributed by atoms with E-state index in [-0.39, 0.29) is 24.0 Å². The lowest BCUT2D eigenvalue weighted by Crippen LogP contribution is -2.47. The maximum atomic E-state index is 13.5. The maximum Gasteiger partial charge on any atom is 0.314 e. The molecular weight excluding hydrogens is 380 g/mol. The lowest BCUT2D eigenvalue weighted by molar-refractivity contribution is -0.157. The highest BCUT2D eigenvalue weighted by Crippen LogP contribution is 2.52. The van der Waals surface area contributed by atoms with E-state index >= 15 is 0 Å². The minimum absolute atomic E-state index is 0.0230. The van der Waals surface area contributed by atoms with E-state index in [4.69, 9.17) is 4.74 Å². The summed E-state index contributed by atoms with van der Waals surface area (Å²) < 4.78 is 5.53. The molecule has 0 unspecified atom stereocenters. The summed E-state index contributed by atoms with van der Waals surface area (Å²) in [4.78, 5) is 33.0. The third-order valence-corrected chi connectivity index (χ3v) is 6.54. The number of rotatable bonds is 5. The number of carbonyl (C=O) groups is 2. The Balaban J connectivity index is 1.50. The van der Waals surface area contributed by atoms with Crippen LogP contribution in [0.25, 0.3) is 11.0 Å². The average molecular weight is 404 g/mol. The molecule has 0 aliphatic carbocycles. The molecule has 2 fully saturated rings. The molecule has 7 nitrogen and oxygen atoms in total. The van der Waals surface area contributed by atoms with Crippen molar-refractivity contribution >= 4 is 22.9 Å². The number of ether oxygens (including phenoxy) is 1. The number of carbonyl (C=O) groups excluding carboxylic acids is 2. The standard InChI is InChI=1S/C23H24N4O3/c1-2-30-22(29)23(12-15-6-4-3-5-7-15)13-17-9-11-19(23)27(17)21(28)18-10-8-16-14-24-26-20(16)25-18/h3-8,10,14,17,19H,2,9,11-13H2,1H3,(H,24,25,26)/t17-,19+,23+/m1/s1. The Kier molecular flexibility index (Phi) is 4.53. The quantitative estimate of drug-likeness (QED) is 0.660. The molecule has 2 bridgehead atoms. The Hall–Kier alpha value is -3.22. The highest BCUT2D eigenvalue weighted by Gasteiger charge is 2.62. The number of aromatic nitrogens is 3. The largest absolute Gasteiger partial charge is 0.465 e. The highest BCUT2D eigenvalue weighted by molar-refractivity contribution is 5.96. The van der Waals surface area contributed by atoms with Gasteiger partial charge in [-0.2, -0.15) is 5.10 Å². The molecule has 1 N–H and O–H groups in total. The Bertz CT molecular complexity index is 1100. The van der Waals surface area contributed by atoms with Gasteiger partial charge in [0.15, 0.2) is 5.65 Å². The Morgan fingerprint density at radius 2 is 2.03 bits per heavy atom. The average Bonchev–Trinajstić information content (AvgIpc) is 3.47. The lowest BCUT2D eigenvalue weighted by atomic mass is 9.70. The summed E-state index contributed by atoms with van der Waals surface area (Å²) in [5, 5.41) is 7.66. The number of amides is 1. The fourth-order valence-corrected chi connectivity index (χ4v) is 5.28. The minimum Gasteiger partial charge on any atom is -0.465 e. The monoisotopic (exact) mass is 404 g/mol. The second-order valence-electron chi connectivity index (χ2n) is 8.21. The molecule has 4 heterocycles. The Morgan fingerprint density at radius 1 is 1.20 bits per heavy atom. The van der Waals surface area contributed by atoms with E-state index in [1.807, 2.05) is 48.2 Å². The van der Waals surface area contributed by atoms with Crippen LogP contribution in [-0.4, -0.2) is 50.6 Å². The molecular formula is C23H24N4O3. The first kappa shape index (κ1) is 18.8. The topological polar surface area (TPSA) is 88.2 Å². The van der Waals surface area contributed by atoms with Crippen molar-refractivity contribution in [3.05, 3.63) is 59.9 Å². The summed E-state index contributed by atoms with van der Waals surface area (Å²) in [7, 11) is 0. The van der Waals surface area contributed by atoms with Gasteiger partial charge in [0.1, 0.15) is 5.69 Å². The van der Waals surface area contributed by atoms with E-state index < -0.39 is 5.41 Å². The molecule has 0 radical (unpaired) electrons. The van der Waals surface area contributed by atoms with E-state index in [0.29, 0.717) is 30.8 Å². The summed E-state index contributed by atoms with van der Waals surface area (Å²) in [5.74, 6) is -0.325. The summed E-state index contributed by atoms with van der Waals surface area (Å²) in [6.45, 7) is 2.16. The number of pyridine rings is 1. The molecule has 3 aromatic rings. The van der Waals surface area contributed by atoms with Gasteiger partial charge in [-0.3, -0.25) is 14.7 Å². The second kappa shape index (κ2) is 7.23. The van der Waals surface area contributed by atoms with Gasteiger partial charge >= 0.3 is 5.97 Å². The zero-order valence-corrected chi connectivity index (χ0v) is 16.9. The first-order valence-corrected chi connectivity index (χ1v) is 10.5. The van der Waals surface area contributed by atoms with E-state index in [0.717, 1.165) is 23.8 Å². The van der Waals surface area contributed by atoms with Crippen molar-refractivity contribution in [3.8, 4) is 0 Å². The second-order valence-corrected chi connectivity index (χ2v) is 8.21. The van der Waals surface area contributed by atoms with Crippen molar-refractivity contribution in [2.45, 2.75) is 44.7 Å². The van der Waals surface area contributed by atoms with Crippen LogP contribution in [0.15, 0.2) is 48.7 Å². The molecule has 1 aromatic carbocycles.